The first-order chi connectivity index (χ1) is 17.9. The quantitative estimate of drug-likeness (QED) is 0.304. The normalized spacial score (nSPS) is 12.5. The maximum absolute atomic E-state index is 12.9. The Labute approximate surface area is 223 Å². The van der Waals surface area contributed by atoms with Crippen molar-refractivity contribution in [3.8, 4) is 0 Å². The molecule has 0 aliphatic heterocycles. The zero-order chi connectivity index (χ0) is 28.1. The van der Waals surface area contributed by atoms with E-state index < -0.39 is 41.6 Å². The van der Waals surface area contributed by atoms with E-state index in [2.05, 4.69) is 16.0 Å². The lowest BCUT2D eigenvalue weighted by atomic mass is 9.99. The first-order valence-electron chi connectivity index (χ1n) is 12.5. The Hall–Kier alpha value is -4.08. The molecule has 0 aliphatic rings. The molecule has 0 fully saturated rings. The zero-order valence-corrected chi connectivity index (χ0v) is 22.3. The summed E-state index contributed by atoms with van der Waals surface area (Å²) in [6.07, 6.45) is -0.685. The van der Waals surface area contributed by atoms with Crippen molar-refractivity contribution in [2.24, 2.45) is 0 Å². The van der Waals surface area contributed by atoms with Crippen LogP contribution in [-0.2, 0) is 32.2 Å². The molecular weight excluding hydrogens is 490 g/mol. The molecule has 2 atom stereocenters. The lowest BCUT2D eigenvalue weighted by Gasteiger charge is -2.23. The van der Waals surface area contributed by atoms with Crippen LogP contribution in [0.15, 0.2) is 54.6 Å². The molecular formula is C28H37N3O7. The van der Waals surface area contributed by atoms with Gasteiger partial charge in [-0.3, -0.25) is 9.59 Å². The molecule has 0 bridgehead atoms. The van der Waals surface area contributed by atoms with Crippen molar-refractivity contribution in [3.05, 3.63) is 71.3 Å². The summed E-state index contributed by atoms with van der Waals surface area (Å²) in [6.45, 7) is 7.28. The van der Waals surface area contributed by atoms with Crippen LogP contribution in [0.1, 0.15) is 63.1 Å². The van der Waals surface area contributed by atoms with E-state index in [0.717, 1.165) is 11.1 Å². The third-order valence-electron chi connectivity index (χ3n) is 5.45. The van der Waals surface area contributed by atoms with Crippen LogP contribution in [0.2, 0.25) is 0 Å². The minimum atomic E-state index is -0.939. The van der Waals surface area contributed by atoms with Gasteiger partial charge in [0.1, 0.15) is 18.2 Å². The van der Waals surface area contributed by atoms with E-state index in [1.54, 1.807) is 52.0 Å². The van der Waals surface area contributed by atoms with Gasteiger partial charge in [-0.1, -0.05) is 54.6 Å². The van der Waals surface area contributed by atoms with Crippen molar-refractivity contribution in [3.63, 3.8) is 0 Å². The molecule has 206 valence electrons. The van der Waals surface area contributed by atoms with Gasteiger partial charge in [-0.05, 0) is 57.2 Å². The van der Waals surface area contributed by atoms with Crippen LogP contribution in [0.5, 0.6) is 0 Å². The van der Waals surface area contributed by atoms with Crippen LogP contribution in [0.3, 0.4) is 0 Å². The van der Waals surface area contributed by atoms with Crippen molar-refractivity contribution in [1.29, 1.82) is 0 Å². The third kappa shape index (κ3) is 11.3. The molecule has 1 unspecified atom stereocenters. The van der Waals surface area contributed by atoms with E-state index in [4.69, 9.17) is 9.47 Å². The fourth-order valence-electron chi connectivity index (χ4n) is 3.42. The largest absolute Gasteiger partial charge is 0.481 e. The molecule has 0 aliphatic carbocycles. The van der Waals surface area contributed by atoms with Crippen LogP contribution < -0.4 is 16.0 Å². The molecule has 0 radical (unpaired) electrons. The number of rotatable bonds is 12. The van der Waals surface area contributed by atoms with E-state index in [0.29, 0.717) is 12.0 Å². The van der Waals surface area contributed by atoms with Crippen molar-refractivity contribution in [1.82, 2.24) is 16.0 Å². The Bertz CT molecular complexity index is 1080. The van der Waals surface area contributed by atoms with Gasteiger partial charge in [-0.15, -0.1) is 0 Å². The molecule has 4 N–H and O–H groups in total. The summed E-state index contributed by atoms with van der Waals surface area (Å²) in [6, 6.07) is 15.3. The minimum Gasteiger partial charge on any atom is -0.481 e. The molecule has 0 spiro atoms. The van der Waals surface area contributed by atoms with Gasteiger partial charge in [-0.2, -0.15) is 0 Å². The number of carboxylic acids is 1. The van der Waals surface area contributed by atoms with Gasteiger partial charge >= 0.3 is 18.2 Å². The molecule has 2 aromatic carbocycles. The van der Waals surface area contributed by atoms with Gasteiger partial charge in [-0.25, -0.2) is 9.59 Å². The van der Waals surface area contributed by atoms with Gasteiger partial charge < -0.3 is 30.5 Å². The predicted octanol–water partition coefficient (Wildman–Crippen LogP) is 4.09. The number of nitrogens with one attached hydrogen (secondary N) is 3. The highest BCUT2D eigenvalue weighted by atomic mass is 16.6. The molecule has 0 saturated heterocycles. The van der Waals surface area contributed by atoms with Crippen molar-refractivity contribution >= 4 is 24.1 Å². The molecule has 0 aromatic heterocycles. The number of benzene rings is 2. The van der Waals surface area contributed by atoms with E-state index in [1.807, 2.05) is 30.3 Å². The second-order valence-corrected chi connectivity index (χ2v) is 9.85. The summed E-state index contributed by atoms with van der Waals surface area (Å²) < 4.78 is 10.5. The number of hydrogen-bond donors (Lipinski definition) is 4. The minimum absolute atomic E-state index is 0.143. The molecule has 38 heavy (non-hydrogen) atoms. The number of aliphatic carboxylic acids is 1. The first kappa shape index (κ1) is 30.1. The second kappa shape index (κ2) is 14.6. The van der Waals surface area contributed by atoms with Gasteiger partial charge in [0.25, 0.3) is 0 Å². The molecule has 10 heteroatoms. The molecule has 2 rings (SSSR count). The van der Waals surface area contributed by atoms with Gasteiger partial charge in [0, 0.05) is 13.1 Å². The maximum atomic E-state index is 12.9. The summed E-state index contributed by atoms with van der Waals surface area (Å²) in [4.78, 5) is 48.5. The molecule has 3 amide bonds. The predicted molar refractivity (Wildman–Crippen MR) is 141 cm³/mol. The van der Waals surface area contributed by atoms with E-state index in [9.17, 15) is 24.3 Å². The fraction of sp³-hybridized carbons (Fsp3) is 0.429. The topological polar surface area (TPSA) is 143 Å². The number of hydrogen-bond acceptors (Lipinski definition) is 6. The maximum Gasteiger partial charge on any atom is 0.408 e. The summed E-state index contributed by atoms with van der Waals surface area (Å²) in [5, 5.41) is 17.3. The molecule has 0 saturated carbocycles. The highest BCUT2D eigenvalue weighted by Crippen LogP contribution is 2.17. The Kier molecular flexibility index (Phi) is 11.6. The second-order valence-electron chi connectivity index (χ2n) is 9.85. The SMILES string of the molecule is CC(C(=O)O)c1cccc(CNC(=O)[C@H](CCCNC(=O)OCc2ccccc2)NC(=O)OC(C)(C)C)c1. The number of ether oxygens (including phenoxy) is 2. The number of carboxylic acid groups (broad SMARTS) is 1. The number of carbonyl (C=O) groups excluding carboxylic acids is 3. The summed E-state index contributed by atoms with van der Waals surface area (Å²) in [7, 11) is 0. The summed E-state index contributed by atoms with van der Waals surface area (Å²) >= 11 is 0. The lowest BCUT2D eigenvalue weighted by molar-refractivity contribution is -0.138. The summed E-state index contributed by atoms with van der Waals surface area (Å²) in [5.41, 5.74) is 1.47. The molecule has 10 nitrogen and oxygen atoms in total. The van der Waals surface area contributed by atoms with Crippen molar-refractivity contribution in [2.75, 3.05) is 6.54 Å². The number of carbonyl (C=O) groups is 4. The van der Waals surface area contributed by atoms with Crippen LogP contribution in [0, 0.1) is 0 Å². The van der Waals surface area contributed by atoms with E-state index in [-0.39, 0.29) is 26.1 Å². The van der Waals surface area contributed by atoms with Crippen LogP contribution in [0.25, 0.3) is 0 Å². The number of amides is 3. The molecule has 0 heterocycles. The monoisotopic (exact) mass is 527 g/mol. The highest BCUT2D eigenvalue weighted by Gasteiger charge is 2.24. The van der Waals surface area contributed by atoms with Crippen LogP contribution in [0.4, 0.5) is 9.59 Å². The average molecular weight is 528 g/mol. The van der Waals surface area contributed by atoms with Gasteiger partial charge in [0.05, 0.1) is 5.92 Å². The first-order valence-corrected chi connectivity index (χ1v) is 12.5. The standard InChI is InChI=1S/C28H37N3O7/c1-19(25(33)34)22-13-8-12-21(16-22)17-30-24(32)23(31-27(36)38-28(2,3)4)14-9-15-29-26(35)37-18-20-10-6-5-7-11-20/h5-8,10-13,16,19,23H,9,14-15,17-18H2,1-4H3,(H,29,35)(H,30,32)(H,31,36)(H,33,34)/t19?,23-/m0/s1. The summed E-state index contributed by atoms with van der Waals surface area (Å²) in [5.74, 6) is -2.05. The van der Waals surface area contributed by atoms with Crippen molar-refractivity contribution in [2.45, 2.75) is 71.2 Å². The highest BCUT2D eigenvalue weighted by molar-refractivity contribution is 5.85. The van der Waals surface area contributed by atoms with E-state index >= 15 is 0 Å². The Morgan fingerprint density at radius 3 is 2.26 bits per heavy atom. The fourth-order valence-corrected chi connectivity index (χ4v) is 3.42. The Morgan fingerprint density at radius 1 is 0.921 bits per heavy atom. The van der Waals surface area contributed by atoms with Crippen molar-refractivity contribution < 1.29 is 33.8 Å². The zero-order valence-electron chi connectivity index (χ0n) is 22.3. The Morgan fingerprint density at radius 2 is 1.61 bits per heavy atom. The smallest absolute Gasteiger partial charge is 0.408 e. The lowest BCUT2D eigenvalue weighted by Crippen LogP contribution is -2.48. The van der Waals surface area contributed by atoms with Gasteiger partial charge in [0.15, 0.2) is 0 Å². The Balaban J connectivity index is 1.90. The number of alkyl carbamates (subject to hydrolysis) is 2. The van der Waals surface area contributed by atoms with Crippen LogP contribution in [-0.4, -0.2) is 47.4 Å². The average Bonchev–Trinajstić information content (AvgIpc) is 2.87. The van der Waals surface area contributed by atoms with E-state index in [1.165, 1.54) is 0 Å². The van der Waals surface area contributed by atoms with Crippen LogP contribution >= 0.6 is 0 Å². The van der Waals surface area contributed by atoms with Gasteiger partial charge in [0.2, 0.25) is 5.91 Å². The molecule has 2 aromatic rings. The third-order valence-corrected chi connectivity index (χ3v) is 5.45.